The van der Waals surface area contributed by atoms with E-state index in [-0.39, 0.29) is 29.3 Å². The Morgan fingerprint density at radius 3 is 2.51 bits per heavy atom. The minimum atomic E-state index is -0.894. The molecule has 1 aliphatic carbocycles. The van der Waals surface area contributed by atoms with Gasteiger partial charge in [0, 0.05) is 28.5 Å². The monoisotopic (exact) mass is 564 g/mol. The highest BCUT2D eigenvalue weighted by Gasteiger charge is 2.35. The van der Waals surface area contributed by atoms with Gasteiger partial charge in [-0.3, -0.25) is 4.79 Å². The molecule has 0 radical (unpaired) electrons. The molecule has 8 heteroatoms. The van der Waals surface area contributed by atoms with E-state index < -0.39 is 17.7 Å². The van der Waals surface area contributed by atoms with Crippen LogP contribution in [0.5, 0.6) is 17.2 Å². The Bertz CT molecular complexity index is 1490. The van der Waals surface area contributed by atoms with E-state index in [1.54, 1.807) is 12.1 Å². The van der Waals surface area contributed by atoms with Gasteiger partial charge in [0.1, 0.15) is 23.4 Å². The molecule has 2 aliphatic heterocycles. The lowest BCUT2D eigenvalue weighted by molar-refractivity contribution is -0.141. The SMILES string of the molecule is COC(=O)C[C@@H]1COc2cc(O[C@@H]3CCc4c(-c5c(C)cc(OCC6(C)COC6)cc5C)cc(F)c(F)c43)ccc21. The van der Waals surface area contributed by atoms with Crippen LogP contribution in [0, 0.1) is 30.9 Å². The molecule has 6 nitrogen and oxygen atoms in total. The van der Waals surface area contributed by atoms with Crippen LogP contribution in [0.25, 0.3) is 11.1 Å². The van der Waals surface area contributed by atoms with Crippen LogP contribution in [-0.4, -0.2) is 39.5 Å². The van der Waals surface area contributed by atoms with E-state index in [1.165, 1.54) is 13.2 Å². The molecule has 2 atom stereocenters. The third-order valence-electron chi connectivity index (χ3n) is 8.39. The maximum absolute atomic E-state index is 15.3. The van der Waals surface area contributed by atoms with Crippen LogP contribution >= 0.6 is 0 Å². The molecule has 0 spiro atoms. The standard InChI is InChI=1S/C33H34F2O6/c1-18-9-22(40-17-33(3)15-38-16-33)10-19(2)30(18)25-13-26(34)32(35)31-24(25)7-8-27(31)41-21-5-6-23-20(11-29(36)37-4)14-39-28(23)12-21/h5-6,9-10,12-13,20,27H,7-8,11,14-17H2,1-4H3/t20-,27-/m1/s1. The molecule has 3 aromatic rings. The van der Waals surface area contributed by atoms with Gasteiger partial charge in [-0.05, 0) is 78.8 Å². The molecule has 6 rings (SSSR count). The van der Waals surface area contributed by atoms with E-state index in [1.807, 2.05) is 32.0 Å². The Labute approximate surface area is 238 Å². The number of halogens is 2. The largest absolute Gasteiger partial charge is 0.493 e. The Morgan fingerprint density at radius 1 is 1.07 bits per heavy atom. The fraction of sp³-hybridized carbons (Fsp3) is 0.424. The number of benzene rings is 3. The second kappa shape index (κ2) is 10.6. The highest BCUT2D eigenvalue weighted by molar-refractivity contribution is 5.77. The Morgan fingerprint density at radius 2 is 1.83 bits per heavy atom. The number of aryl methyl sites for hydroxylation is 2. The van der Waals surface area contributed by atoms with Crippen molar-refractivity contribution in [2.45, 2.75) is 52.1 Å². The molecule has 1 fully saturated rings. The maximum Gasteiger partial charge on any atom is 0.306 e. The van der Waals surface area contributed by atoms with Crippen LogP contribution in [0.2, 0.25) is 0 Å². The molecule has 0 N–H and O–H groups in total. The van der Waals surface area contributed by atoms with E-state index in [9.17, 15) is 4.79 Å². The molecule has 0 aromatic heterocycles. The first-order valence-electron chi connectivity index (χ1n) is 14.0. The van der Waals surface area contributed by atoms with Gasteiger partial charge in [-0.1, -0.05) is 13.0 Å². The summed E-state index contributed by atoms with van der Waals surface area (Å²) in [4.78, 5) is 11.7. The summed E-state index contributed by atoms with van der Waals surface area (Å²) in [6.45, 7) is 8.37. The number of rotatable bonds is 8. The highest BCUT2D eigenvalue weighted by Crippen LogP contribution is 2.46. The normalized spacial score (nSPS) is 20.0. The van der Waals surface area contributed by atoms with Crippen LogP contribution < -0.4 is 14.2 Å². The Hall–Kier alpha value is -3.65. The van der Waals surface area contributed by atoms with E-state index in [0.29, 0.717) is 56.3 Å². The predicted molar refractivity (Wildman–Crippen MR) is 149 cm³/mol. The van der Waals surface area contributed by atoms with E-state index in [0.717, 1.165) is 33.6 Å². The number of methoxy groups -OCH3 is 1. The molecule has 0 unspecified atom stereocenters. The van der Waals surface area contributed by atoms with Crippen molar-refractivity contribution in [2.75, 3.05) is 33.5 Å². The van der Waals surface area contributed by atoms with Crippen LogP contribution in [-0.2, 0) is 20.7 Å². The molecule has 41 heavy (non-hydrogen) atoms. The first-order chi connectivity index (χ1) is 19.7. The van der Waals surface area contributed by atoms with Crippen LogP contribution in [0.3, 0.4) is 0 Å². The van der Waals surface area contributed by atoms with Gasteiger partial charge in [0.05, 0.1) is 40.0 Å². The number of esters is 1. The van der Waals surface area contributed by atoms with Crippen molar-refractivity contribution < 1.29 is 37.3 Å². The zero-order chi connectivity index (χ0) is 28.9. The topological polar surface area (TPSA) is 63.2 Å². The van der Waals surface area contributed by atoms with Crippen molar-refractivity contribution in [1.82, 2.24) is 0 Å². The van der Waals surface area contributed by atoms with E-state index in [4.69, 9.17) is 23.7 Å². The summed E-state index contributed by atoms with van der Waals surface area (Å²) in [5.41, 5.74) is 5.40. The summed E-state index contributed by atoms with van der Waals surface area (Å²) in [5, 5.41) is 0. The molecule has 0 bridgehead atoms. The van der Waals surface area contributed by atoms with Gasteiger partial charge in [0.15, 0.2) is 11.6 Å². The fourth-order valence-corrected chi connectivity index (χ4v) is 6.22. The van der Waals surface area contributed by atoms with Gasteiger partial charge in [0.25, 0.3) is 0 Å². The molecular formula is C33H34F2O6. The molecule has 0 saturated carbocycles. The maximum atomic E-state index is 15.3. The quantitative estimate of drug-likeness (QED) is 0.282. The molecular weight excluding hydrogens is 530 g/mol. The second-order valence-electron chi connectivity index (χ2n) is 11.8. The summed E-state index contributed by atoms with van der Waals surface area (Å²) in [6, 6.07) is 10.6. The number of hydrogen-bond donors (Lipinski definition) is 0. The highest BCUT2D eigenvalue weighted by atomic mass is 19.2. The molecule has 0 amide bonds. The second-order valence-corrected chi connectivity index (χ2v) is 11.8. The molecule has 1 saturated heterocycles. The lowest BCUT2D eigenvalue weighted by atomic mass is 9.89. The number of carbonyl (C=O) groups excluding carboxylic acids is 1. The lowest BCUT2D eigenvalue weighted by Crippen LogP contribution is -2.44. The third-order valence-corrected chi connectivity index (χ3v) is 8.39. The molecule has 216 valence electrons. The Balaban J connectivity index is 1.26. The van der Waals surface area contributed by atoms with Crippen molar-refractivity contribution in [2.24, 2.45) is 5.41 Å². The van der Waals surface area contributed by atoms with Crippen molar-refractivity contribution in [3.05, 3.63) is 75.8 Å². The van der Waals surface area contributed by atoms with Crippen LogP contribution in [0.15, 0.2) is 36.4 Å². The minimum absolute atomic E-state index is 0.0200. The number of hydrogen-bond acceptors (Lipinski definition) is 6. The van der Waals surface area contributed by atoms with E-state index >= 15 is 8.78 Å². The van der Waals surface area contributed by atoms with E-state index in [2.05, 4.69) is 6.92 Å². The summed E-state index contributed by atoms with van der Waals surface area (Å²) >= 11 is 0. The van der Waals surface area contributed by atoms with Gasteiger partial charge in [-0.15, -0.1) is 0 Å². The smallest absolute Gasteiger partial charge is 0.306 e. The van der Waals surface area contributed by atoms with Gasteiger partial charge < -0.3 is 23.7 Å². The van der Waals surface area contributed by atoms with Crippen LogP contribution in [0.1, 0.15) is 59.6 Å². The average Bonchev–Trinajstić information content (AvgIpc) is 3.53. The first kappa shape index (κ1) is 27.5. The summed E-state index contributed by atoms with van der Waals surface area (Å²) < 4.78 is 58.7. The van der Waals surface area contributed by atoms with Crippen molar-refractivity contribution >= 4 is 5.97 Å². The molecule has 3 aromatic carbocycles. The molecule has 3 aliphatic rings. The van der Waals surface area contributed by atoms with Gasteiger partial charge in [-0.25, -0.2) is 8.78 Å². The van der Waals surface area contributed by atoms with Gasteiger partial charge >= 0.3 is 5.97 Å². The zero-order valence-corrected chi connectivity index (χ0v) is 23.8. The summed E-state index contributed by atoms with van der Waals surface area (Å²) in [5.74, 6) is -0.264. The summed E-state index contributed by atoms with van der Waals surface area (Å²) in [7, 11) is 1.36. The molecule has 2 heterocycles. The van der Waals surface area contributed by atoms with Crippen molar-refractivity contribution in [3.8, 4) is 28.4 Å². The zero-order valence-electron chi connectivity index (χ0n) is 23.8. The van der Waals surface area contributed by atoms with Crippen molar-refractivity contribution in [1.29, 1.82) is 0 Å². The summed E-state index contributed by atoms with van der Waals surface area (Å²) in [6.07, 6.45) is 0.669. The first-order valence-corrected chi connectivity index (χ1v) is 14.0. The lowest BCUT2D eigenvalue weighted by Gasteiger charge is -2.37. The predicted octanol–water partition coefficient (Wildman–Crippen LogP) is 6.77. The minimum Gasteiger partial charge on any atom is -0.493 e. The number of carbonyl (C=O) groups is 1. The van der Waals surface area contributed by atoms with Crippen LogP contribution in [0.4, 0.5) is 8.78 Å². The number of fused-ring (bicyclic) bond motifs is 2. The Kier molecular flexibility index (Phi) is 7.14. The number of ether oxygens (including phenoxy) is 5. The van der Waals surface area contributed by atoms with Gasteiger partial charge in [0.2, 0.25) is 0 Å². The fourth-order valence-electron chi connectivity index (χ4n) is 6.22. The third kappa shape index (κ3) is 5.14. The average molecular weight is 565 g/mol. The van der Waals surface area contributed by atoms with Gasteiger partial charge in [-0.2, -0.15) is 0 Å². The van der Waals surface area contributed by atoms with Crippen molar-refractivity contribution in [3.63, 3.8) is 0 Å².